The van der Waals surface area contributed by atoms with Crippen molar-refractivity contribution in [3.8, 4) is 33.9 Å². The average Bonchev–Trinajstić information content (AvgIpc) is 3.26. The molecule has 5 nitrogen and oxygen atoms in total. The minimum absolute atomic E-state index is 0.0736. The average molecular weight is 412 g/mol. The summed E-state index contributed by atoms with van der Waals surface area (Å²) in [4.78, 5) is 19.0. The van der Waals surface area contributed by atoms with Crippen molar-refractivity contribution in [2.75, 3.05) is 0 Å². The summed E-state index contributed by atoms with van der Waals surface area (Å²) >= 11 is 0. The van der Waals surface area contributed by atoms with Gasteiger partial charge < -0.3 is 4.98 Å². The molecule has 31 heavy (non-hydrogen) atoms. The SMILES string of the molecule is CCCCCc1ccc(-c2nc(-c3ccccc3)[nH]c2-c2ccc([N+](=O)[O-])cc2)cc1. The van der Waals surface area contributed by atoms with Crippen LogP contribution in [0.2, 0.25) is 0 Å². The highest BCUT2D eigenvalue weighted by atomic mass is 16.6. The quantitative estimate of drug-likeness (QED) is 0.192. The van der Waals surface area contributed by atoms with E-state index in [-0.39, 0.29) is 10.6 Å². The zero-order chi connectivity index (χ0) is 21.6. The minimum Gasteiger partial charge on any atom is -0.337 e. The molecule has 0 spiro atoms. The van der Waals surface area contributed by atoms with E-state index in [1.54, 1.807) is 12.1 Å². The van der Waals surface area contributed by atoms with E-state index in [2.05, 4.69) is 36.2 Å². The maximum absolute atomic E-state index is 11.0. The molecular weight excluding hydrogens is 386 g/mol. The number of nitro groups is 1. The van der Waals surface area contributed by atoms with Gasteiger partial charge in [0.25, 0.3) is 5.69 Å². The van der Waals surface area contributed by atoms with E-state index in [1.807, 2.05) is 30.3 Å². The van der Waals surface area contributed by atoms with Crippen LogP contribution in [0.15, 0.2) is 78.9 Å². The first-order chi connectivity index (χ1) is 15.2. The van der Waals surface area contributed by atoms with Crippen molar-refractivity contribution in [3.05, 3.63) is 94.5 Å². The van der Waals surface area contributed by atoms with Crippen LogP contribution in [0.1, 0.15) is 31.7 Å². The summed E-state index contributed by atoms with van der Waals surface area (Å²) in [6, 6.07) is 25.1. The monoisotopic (exact) mass is 411 g/mol. The number of benzene rings is 3. The van der Waals surface area contributed by atoms with Gasteiger partial charge in [0.1, 0.15) is 5.82 Å². The van der Waals surface area contributed by atoms with Crippen LogP contribution < -0.4 is 0 Å². The van der Waals surface area contributed by atoms with Gasteiger partial charge in [-0.05, 0) is 30.5 Å². The summed E-state index contributed by atoms with van der Waals surface area (Å²) in [5.41, 5.74) is 5.97. The molecule has 4 rings (SSSR count). The van der Waals surface area contributed by atoms with Crippen molar-refractivity contribution >= 4 is 5.69 Å². The molecule has 156 valence electrons. The van der Waals surface area contributed by atoms with Gasteiger partial charge in [0.2, 0.25) is 0 Å². The fourth-order valence-electron chi connectivity index (χ4n) is 3.68. The van der Waals surface area contributed by atoms with Crippen molar-refractivity contribution in [2.24, 2.45) is 0 Å². The molecule has 3 aromatic carbocycles. The molecule has 0 bridgehead atoms. The highest BCUT2D eigenvalue weighted by Gasteiger charge is 2.16. The number of unbranched alkanes of at least 4 members (excludes halogenated alkanes) is 2. The Hall–Kier alpha value is -3.73. The van der Waals surface area contributed by atoms with Crippen molar-refractivity contribution in [3.63, 3.8) is 0 Å². The van der Waals surface area contributed by atoms with Crippen molar-refractivity contribution < 1.29 is 4.92 Å². The van der Waals surface area contributed by atoms with Gasteiger partial charge in [0.15, 0.2) is 0 Å². The molecule has 5 heteroatoms. The molecule has 4 aromatic rings. The number of hydrogen-bond acceptors (Lipinski definition) is 3. The summed E-state index contributed by atoms with van der Waals surface area (Å²) in [7, 11) is 0. The van der Waals surface area contributed by atoms with E-state index in [1.165, 1.54) is 37.0 Å². The first kappa shape index (κ1) is 20.5. The Kier molecular flexibility index (Phi) is 6.22. The lowest BCUT2D eigenvalue weighted by Gasteiger charge is -2.05. The van der Waals surface area contributed by atoms with Crippen LogP contribution in [0.3, 0.4) is 0 Å². The second kappa shape index (κ2) is 9.39. The lowest BCUT2D eigenvalue weighted by molar-refractivity contribution is -0.384. The minimum atomic E-state index is -0.385. The largest absolute Gasteiger partial charge is 0.337 e. The molecular formula is C26H25N3O2. The summed E-state index contributed by atoms with van der Waals surface area (Å²) in [6.07, 6.45) is 4.74. The van der Waals surface area contributed by atoms with Gasteiger partial charge in [-0.1, -0.05) is 74.4 Å². The Bertz CT molecular complexity index is 1150. The van der Waals surface area contributed by atoms with Crippen LogP contribution in [0, 0.1) is 10.1 Å². The second-order valence-corrected chi connectivity index (χ2v) is 7.63. The summed E-state index contributed by atoms with van der Waals surface area (Å²) in [5.74, 6) is 0.774. The van der Waals surface area contributed by atoms with Crippen LogP contribution >= 0.6 is 0 Å². The Morgan fingerprint density at radius 2 is 1.52 bits per heavy atom. The van der Waals surface area contributed by atoms with Gasteiger partial charge in [-0.2, -0.15) is 0 Å². The fraction of sp³-hybridized carbons (Fsp3) is 0.192. The summed E-state index contributed by atoms with van der Waals surface area (Å²) in [6.45, 7) is 2.21. The number of H-pyrrole nitrogens is 1. The van der Waals surface area contributed by atoms with E-state index in [0.29, 0.717) is 0 Å². The molecule has 0 aliphatic heterocycles. The summed E-state index contributed by atoms with van der Waals surface area (Å²) < 4.78 is 0. The van der Waals surface area contributed by atoms with Gasteiger partial charge in [-0.15, -0.1) is 0 Å². The molecule has 0 aliphatic carbocycles. The zero-order valence-electron chi connectivity index (χ0n) is 17.5. The van der Waals surface area contributed by atoms with E-state index >= 15 is 0 Å². The molecule has 0 fully saturated rings. The second-order valence-electron chi connectivity index (χ2n) is 7.63. The lowest BCUT2D eigenvalue weighted by atomic mass is 10.0. The number of hydrogen-bond donors (Lipinski definition) is 1. The van der Waals surface area contributed by atoms with E-state index in [9.17, 15) is 10.1 Å². The number of nitrogens with zero attached hydrogens (tertiary/aromatic N) is 2. The summed E-state index contributed by atoms with van der Waals surface area (Å²) in [5, 5.41) is 11.0. The third-order valence-electron chi connectivity index (χ3n) is 5.41. The third-order valence-corrected chi connectivity index (χ3v) is 5.41. The molecule has 1 N–H and O–H groups in total. The van der Waals surface area contributed by atoms with Gasteiger partial charge in [0.05, 0.1) is 16.3 Å². The van der Waals surface area contributed by atoms with Crippen LogP contribution in [-0.4, -0.2) is 14.9 Å². The molecule has 1 heterocycles. The molecule has 0 atom stereocenters. The Labute approximate surface area is 182 Å². The van der Waals surface area contributed by atoms with Gasteiger partial charge in [-0.25, -0.2) is 4.98 Å². The predicted octanol–water partition coefficient (Wildman–Crippen LogP) is 7.05. The fourth-order valence-corrected chi connectivity index (χ4v) is 3.68. The van der Waals surface area contributed by atoms with Gasteiger partial charge in [0, 0.05) is 28.8 Å². The van der Waals surface area contributed by atoms with Crippen LogP contribution in [0.4, 0.5) is 5.69 Å². The third kappa shape index (κ3) is 4.72. The van der Waals surface area contributed by atoms with Crippen molar-refractivity contribution in [2.45, 2.75) is 32.6 Å². The normalized spacial score (nSPS) is 10.9. The first-order valence-electron chi connectivity index (χ1n) is 10.7. The Morgan fingerprint density at radius 3 is 2.16 bits per heavy atom. The molecule has 0 radical (unpaired) electrons. The number of aromatic amines is 1. The number of imidazole rings is 1. The standard InChI is InChI=1S/C26H25N3O2/c1-2-3-5-8-19-11-13-20(14-12-19)24-25(21-15-17-23(18-16-21)29(30)31)28-26(27-24)22-9-6-4-7-10-22/h4,6-7,9-18H,2-3,5,8H2,1H3,(H,27,28). The van der Waals surface area contributed by atoms with Crippen LogP contribution in [0.25, 0.3) is 33.9 Å². The first-order valence-corrected chi connectivity index (χ1v) is 10.7. The van der Waals surface area contributed by atoms with Crippen LogP contribution in [0.5, 0.6) is 0 Å². The molecule has 0 saturated heterocycles. The molecule has 0 amide bonds. The number of rotatable bonds is 8. The van der Waals surface area contributed by atoms with E-state index < -0.39 is 0 Å². The number of aromatic nitrogens is 2. The number of nitro benzene ring substituents is 1. The smallest absolute Gasteiger partial charge is 0.269 e. The highest BCUT2D eigenvalue weighted by molar-refractivity contribution is 5.81. The predicted molar refractivity (Wildman–Crippen MR) is 125 cm³/mol. The number of nitrogens with one attached hydrogen (secondary N) is 1. The topological polar surface area (TPSA) is 71.8 Å². The van der Waals surface area contributed by atoms with Gasteiger partial charge in [-0.3, -0.25) is 10.1 Å². The van der Waals surface area contributed by atoms with E-state index in [4.69, 9.17) is 4.98 Å². The van der Waals surface area contributed by atoms with Gasteiger partial charge >= 0.3 is 0 Å². The van der Waals surface area contributed by atoms with Crippen molar-refractivity contribution in [1.29, 1.82) is 0 Å². The Morgan fingerprint density at radius 1 is 0.839 bits per heavy atom. The molecule has 1 aromatic heterocycles. The van der Waals surface area contributed by atoms with Crippen molar-refractivity contribution in [1.82, 2.24) is 9.97 Å². The number of non-ortho nitro benzene ring substituents is 1. The molecule has 0 saturated carbocycles. The highest BCUT2D eigenvalue weighted by Crippen LogP contribution is 2.34. The maximum Gasteiger partial charge on any atom is 0.269 e. The molecule has 0 aliphatic rings. The number of aryl methyl sites for hydroxylation is 1. The van der Waals surface area contributed by atoms with Crippen LogP contribution in [-0.2, 0) is 6.42 Å². The van der Waals surface area contributed by atoms with E-state index in [0.717, 1.165) is 40.3 Å². The lowest BCUT2D eigenvalue weighted by Crippen LogP contribution is -1.89. The Balaban J connectivity index is 1.73. The zero-order valence-corrected chi connectivity index (χ0v) is 17.5. The molecule has 0 unspecified atom stereocenters. The maximum atomic E-state index is 11.0.